The summed E-state index contributed by atoms with van der Waals surface area (Å²) in [5, 5.41) is 9.30. The lowest BCUT2D eigenvalue weighted by atomic mass is 9.73. The zero-order chi connectivity index (χ0) is 10.7. The minimum atomic E-state index is -0.123. The molecule has 2 heteroatoms. The van der Waals surface area contributed by atoms with E-state index in [1.165, 1.54) is 18.4 Å². The fourth-order valence-corrected chi connectivity index (χ4v) is 2.82. The van der Waals surface area contributed by atoms with Gasteiger partial charge in [-0.2, -0.15) is 0 Å². The van der Waals surface area contributed by atoms with Gasteiger partial charge in [0.05, 0.1) is 6.61 Å². The first-order valence-electron chi connectivity index (χ1n) is 5.71. The van der Waals surface area contributed by atoms with E-state index in [4.69, 9.17) is 5.73 Å². The second-order valence-electron chi connectivity index (χ2n) is 4.52. The Morgan fingerprint density at radius 1 is 1.20 bits per heavy atom. The van der Waals surface area contributed by atoms with E-state index in [-0.39, 0.29) is 18.1 Å². The van der Waals surface area contributed by atoms with Crippen LogP contribution in [-0.4, -0.2) is 17.8 Å². The summed E-state index contributed by atoms with van der Waals surface area (Å²) in [4.78, 5) is 0. The zero-order valence-corrected chi connectivity index (χ0v) is 9.02. The van der Waals surface area contributed by atoms with Gasteiger partial charge in [0.2, 0.25) is 0 Å². The third kappa shape index (κ3) is 1.80. The molecule has 0 saturated heterocycles. The van der Waals surface area contributed by atoms with Crippen molar-refractivity contribution < 1.29 is 5.11 Å². The average Bonchev–Trinajstić information content (AvgIpc) is 2.79. The number of aliphatic hydroxyl groups excluding tert-OH is 1. The average molecular weight is 205 g/mol. The molecule has 0 amide bonds. The summed E-state index contributed by atoms with van der Waals surface area (Å²) in [6.45, 7) is 0.0783. The quantitative estimate of drug-likeness (QED) is 0.790. The lowest BCUT2D eigenvalue weighted by Gasteiger charge is -2.34. The molecular formula is C13H19NO. The summed E-state index contributed by atoms with van der Waals surface area (Å²) < 4.78 is 0. The molecular weight excluding hydrogens is 186 g/mol. The first kappa shape index (κ1) is 10.7. The van der Waals surface area contributed by atoms with Crippen LogP contribution in [0.3, 0.4) is 0 Å². The van der Waals surface area contributed by atoms with Crippen molar-refractivity contribution in [3.8, 4) is 0 Å². The molecule has 1 atom stereocenters. The van der Waals surface area contributed by atoms with Gasteiger partial charge in [-0.25, -0.2) is 0 Å². The van der Waals surface area contributed by atoms with Gasteiger partial charge >= 0.3 is 0 Å². The fourth-order valence-electron chi connectivity index (χ4n) is 2.82. The van der Waals surface area contributed by atoms with Crippen LogP contribution in [0.1, 0.15) is 31.2 Å². The normalized spacial score (nSPS) is 21.5. The largest absolute Gasteiger partial charge is 0.395 e. The second kappa shape index (κ2) is 4.33. The predicted octanol–water partition coefficient (Wildman–Crippen LogP) is 1.82. The molecule has 0 unspecified atom stereocenters. The van der Waals surface area contributed by atoms with Crippen LogP contribution in [0.25, 0.3) is 0 Å². The summed E-state index contributed by atoms with van der Waals surface area (Å²) in [6.07, 6.45) is 4.67. The monoisotopic (exact) mass is 205 g/mol. The van der Waals surface area contributed by atoms with Crippen LogP contribution in [0.4, 0.5) is 0 Å². The molecule has 1 fully saturated rings. The van der Waals surface area contributed by atoms with Crippen molar-refractivity contribution in [2.45, 2.75) is 37.1 Å². The minimum Gasteiger partial charge on any atom is -0.395 e. The summed E-state index contributed by atoms with van der Waals surface area (Å²) in [7, 11) is 0. The van der Waals surface area contributed by atoms with E-state index in [2.05, 4.69) is 24.3 Å². The Morgan fingerprint density at radius 3 is 2.33 bits per heavy atom. The van der Waals surface area contributed by atoms with Crippen LogP contribution < -0.4 is 5.73 Å². The van der Waals surface area contributed by atoms with Crippen molar-refractivity contribution in [3.63, 3.8) is 0 Å². The molecule has 15 heavy (non-hydrogen) atoms. The minimum absolute atomic E-state index is 0.0238. The van der Waals surface area contributed by atoms with E-state index in [0.717, 1.165) is 12.8 Å². The Bertz CT molecular complexity index is 304. The van der Waals surface area contributed by atoms with Gasteiger partial charge in [0.1, 0.15) is 0 Å². The van der Waals surface area contributed by atoms with Gasteiger partial charge < -0.3 is 10.8 Å². The maximum absolute atomic E-state index is 9.30. The highest BCUT2D eigenvalue weighted by Crippen LogP contribution is 2.42. The van der Waals surface area contributed by atoms with Gasteiger partial charge in [-0.3, -0.25) is 0 Å². The van der Waals surface area contributed by atoms with Crippen molar-refractivity contribution in [3.05, 3.63) is 35.9 Å². The molecule has 1 saturated carbocycles. The molecule has 1 aromatic rings. The first-order valence-corrected chi connectivity index (χ1v) is 5.71. The van der Waals surface area contributed by atoms with Crippen LogP contribution in [0.2, 0.25) is 0 Å². The molecule has 1 aromatic carbocycles. The van der Waals surface area contributed by atoms with Crippen molar-refractivity contribution in [2.75, 3.05) is 6.61 Å². The number of nitrogens with two attached hydrogens (primary N) is 1. The van der Waals surface area contributed by atoms with Gasteiger partial charge in [-0.15, -0.1) is 0 Å². The van der Waals surface area contributed by atoms with Gasteiger partial charge in [0.25, 0.3) is 0 Å². The van der Waals surface area contributed by atoms with Crippen molar-refractivity contribution in [2.24, 2.45) is 5.73 Å². The van der Waals surface area contributed by atoms with Gasteiger partial charge in [0.15, 0.2) is 0 Å². The Labute approximate surface area is 91.1 Å². The van der Waals surface area contributed by atoms with E-state index in [1.54, 1.807) is 0 Å². The van der Waals surface area contributed by atoms with Crippen LogP contribution >= 0.6 is 0 Å². The molecule has 2 rings (SSSR count). The highest BCUT2D eigenvalue weighted by Gasteiger charge is 2.40. The highest BCUT2D eigenvalue weighted by molar-refractivity contribution is 5.29. The fraction of sp³-hybridized carbons (Fsp3) is 0.538. The summed E-state index contributed by atoms with van der Waals surface area (Å²) in [5.74, 6) is 0. The Morgan fingerprint density at radius 2 is 1.80 bits per heavy atom. The Kier molecular flexibility index (Phi) is 3.08. The molecule has 0 bridgehead atoms. The maximum atomic E-state index is 9.30. The molecule has 0 heterocycles. The summed E-state index contributed by atoms with van der Waals surface area (Å²) >= 11 is 0. The first-order chi connectivity index (χ1) is 7.29. The summed E-state index contributed by atoms with van der Waals surface area (Å²) in [5.41, 5.74) is 7.41. The standard InChI is InChI=1S/C13H19NO/c14-12(10-15)13(8-4-5-9-13)11-6-2-1-3-7-11/h1-3,6-7,12,15H,4-5,8-10,14H2/t12-/m1/s1. The van der Waals surface area contributed by atoms with Crippen molar-refractivity contribution in [1.82, 2.24) is 0 Å². The van der Waals surface area contributed by atoms with Crippen LogP contribution in [0.15, 0.2) is 30.3 Å². The molecule has 1 aliphatic rings. The van der Waals surface area contributed by atoms with E-state index < -0.39 is 0 Å². The lowest BCUT2D eigenvalue weighted by molar-refractivity contribution is 0.203. The summed E-state index contributed by atoms with van der Waals surface area (Å²) in [6, 6.07) is 10.3. The number of hydrogen-bond donors (Lipinski definition) is 2. The number of aliphatic hydroxyl groups is 1. The van der Waals surface area contributed by atoms with Crippen molar-refractivity contribution >= 4 is 0 Å². The Hall–Kier alpha value is -0.860. The SMILES string of the molecule is N[C@H](CO)C1(c2ccccc2)CCCC1. The lowest BCUT2D eigenvalue weighted by Crippen LogP contribution is -2.46. The third-order valence-corrected chi connectivity index (χ3v) is 3.75. The number of benzene rings is 1. The molecule has 2 nitrogen and oxygen atoms in total. The topological polar surface area (TPSA) is 46.2 Å². The van der Waals surface area contributed by atoms with Crippen LogP contribution in [0, 0.1) is 0 Å². The Balaban J connectivity index is 2.35. The number of rotatable bonds is 3. The molecule has 0 aliphatic heterocycles. The third-order valence-electron chi connectivity index (χ3n) is 3.75. The van der Waals surface area contributed by atoms with Crippen molar-refractivity contribution in [1.29, 1.82) is 0 Å². The molecule has 0 spiro atoms. The van der Waals surface area contributed by atoms with E-state index in [0.29, 0.717) is 0 Å². The van der Waals surface area contributed by atoms with Gasteiger partial charge in [-0.05, 0) is 18.4 Å². The predicted molar refractivity (Wildman–Crippen MR) is 61.6 cm³/mol. The number of hydrogen-bond acceptors (Lipinski definition) is 2. The van der Waals surface area contributed by atoms with Crippen LogP contribution in [-0.2, 0) is 5.41 Å². The van der Waals surface area contributed by atoms with E-state index in [9.17, 15) is 5.11 Å². The van der Waals surface area contributed by atoms with E-state index in [1.807, 2.05) is 6.07 Å². The molecule has 82 valence electrons. The molecule has 1 aliphatic carbocycles. The van der Waals surface area contributed by atoms with Gasteiger partial charge in [-0.1, -0.05) is 43.2 Å². The van der Waals surface area contributed by atoms with E-state index >= 15 is 0 Å². The smallest absolute Gasteiger partial charge is 0.0591 e. The maximum Gasteiger partial charge on any atom is 0.0591 e. The zero-order valence-electron chi connectivity index (χ0n) is 9.02. The van der Waals surface area contributed by atoms with Gasteiger partial charge in [0, 0.05) is 11.5 Å². The molecule has 0 aromatic heterocycles. The van der Waals surface area contributed by atoms with Crippen LogP contribution in [0.5, 0.6) is 0 Å². The second-order valence-corrected chi connectivity index (χ2v) is 4.52. The molecule has 3 N–H and O–H groups in total. The molecule has 0 radical (unpaired) electrons. The highest BCUT2D eigenvalue weighted by atomic mass is 16.3.